The van der Waals surface area contributed by atoms with Crippen molar-refractivity contribution in [3.05, 3.63) is 23.2 Å². The third-order valence-electron chi connectivity index (χ3n) is 3.91. The number of nitrogens with one attached hydrogen (secondary N) is 2. The monoisotopic (exact) mass is 294 g/mol. The van der Waals surface area contributed by atoms with Gasteiger partial charge in [0.25, 0.3) is 0 Å². The third kappa shape index (κ3) is 4.41. The lowest BCUT2D eigenvalue weighted by Crippen LogP contribution is -2.18. The first-order valence-electron chi connectivity index (χ1n) is 7.38. The van der Waals surface area contributed by atoms with Crippen LogP contribution < -0.4 is 10.6 Å². The van der Waals surface area contributed by atoms with Gasteiger partial charge in [0.15, 0.2) is 0 Å². The normalized spacial score (nSPS) is 22.9. The second kappa shape index (κ2) is 6.98. The number of benzene rings is 1. The molecule has 0 bridgehead atoms. The van der Waals surface area contributed by atoms with Gasteiger partial charge in [-0.05, 0) is 43.4 Å². The highest BCUT2D eigenvalue weighted by Gasteiger charge is 2.16. The Labute approximate surface area is 126 Å². The minimum absolute atomic E-state index is 0.106. The van der Waals surface area contributed by atoms with Gasteiger partial charge < -0.3 is 10.6 Å². The average molecular weight is 295 g/mol. The Hall–Kier alpha value is -1.22. The molecule has 4 heteroatoms. The molecule has 0 spiro atoms. The summed E-state index contributed by atoms with van der Waals surface area (Å²) in [7, 11) is 0. The van der Waals surface area contributed by atoms with Crippen molar-refractivity contribution in [2.45, 2.75) is 52.0 Å². The highest BCUT2D eigenvalue weighted by molar-refractivity contribution is 6.34. The molecule has 1 saturated carbocycles. The predicted molar refractivity (Wildman–Crippen MR) is 85.4 cm³/mol. The van der Waals surface area contributed by atoms with E-state index in [2.05, 4.69) is 17.6 Å². The van der Waals surface area contributed by atoms with Gasteiger partial charge in [-0.15, -0.1) is 0 Å². The molecule has 1 amide bonds. The summed E-state index contributed by atoms with van der Waals surface area (Å²) in [5, 5.41) is 6.86. The second-order valence-electron chi connectivity index (χ2n) is 5.83. The molecule has 20 heavy (non-hydrogen) atoms. The van der Waals surface area contributed by atoms with Gasteiger partial charge in [-0.3, -0.25) is 4.79 Å². The zero-order chi connectivity index (χ0) is 14.5. The fraction of sp³-hybridized carbons (Fsp3) is 0.562. The number of hydrogen-bond donors (Lipinski definition) is 2. The van der Waals surface area contributed by atoms with Gasteiger partial charge in [0, 0.05) is 18.7 Å². The van der Waals surface area contributed by atoms with Crippen molar-refractivity contribution in [3.8, 4) is 0 Å². The molecule has 110 valence electrons. The zero-order valence-electron chi connectivity index (χ0n) is 12.2. The number of hydrogen-bond acceptors (Lipinski definition) is 2. The van der Waals surface area contributed by atoms with E-state index in [1.165, 1.54) is 39.0 Å². The van der Waals surface area contributed by atoms with Crippen LogP contribution in [0.5, 0.6) is 0 Å². The lowest BCUT2D eigenvalue weighted by molar-refractivity contribution is -0.114. The van der Waals surface area contributed by atoms with Crippen molar-refractivity contribution >= 4 is 28.9 Å². The summed E-state index contributed by atoms with van der Waals surface area (Å²) in [6.45, 7) is 3.82. The van der Waals surface area contributed by atoms with E-state index in [0.29, 0.717) is 16.8 Å². The van der Waals surface area contributed by atoms with Gasteiger partial charge in [-0.2, -0.15) is 0 Å². The van der Waals surface area contributed by atoms with E-state index in [0.717, 1.165) is 11.6 Å². The minimum Gasteiger partial charge on any atom is -0.382 e. The smallest absolute Gasteiger partial charge is 0.221 e. The summed E-state index contributed by atoms with van der Waals surface area (Å²) in [5.41, 5.74) is 1.70. The molecule has 1 aliphatic carbocycles. The highest BCUT2D eigenvalue weighted by Crippen LogP contribution is 2.28. The van der Waals surface area contributed by atoms with Crippen LogP contribution in [0.4, 0.5) is 11.4 Å². The topological polar surface area (TPSA) is 41.1 Å². The lowest BCUT2D eigenvalue weighted by Gasteiger charge is -2.18. The molecule has 2 rings (SSSR count). The van der Waals surface area contributed by atoms with E-state index in [-0.39, 0.29) is 5.91 Å². The van der Waals surface area contributed by atoms with Crippen LogP contribution in [0.3, 0.4) is 0 Å². The van der Waals surface area contributed by atoms with E-state index in [4.69, 9.17) is 11.6 Å². The van der Waals surface area contributed by atoms with Crippen molar-refractivity contribution in [3.63, 3.8) is 0 Å². The van der Waals surface area contributed by atoms with Crippen molar-refractivity contribution in [1.29, 1.82) is 0 Å². The van der Waals surface area contributed by atoms with Gasteiger partial charge in [0.2, 0.25) is 5.91 Å². The molecule has 1 aromatic rings. The molecule has 2 atom stereocenters. The molecule has 0 radical (unpaired) electrons. The van der Waals surface area contributed by atoms with Crippen molar-refractivity contribution < 1.29 is 4.79 Å². The van der Waals surface area contributed by atoms with Crippen molar-refractivity contribution in [1.82, 2.24) is 0 Å². The summed E-state index contributed by atoms with van der Waals surface area (Å²) < 4.78 is 0. The van der Waals surface area contributed by atoms with Crippen LogP contribution >= 0.6 is 11.6 Å². The van der Waals surface area contributed by atoms with E-state index >= 15 is 0 Å². The lowest BCUT2D eigenvalue weighted by atomic mass is 10.0. The molecular weight excluding hydrogens is 272 g/mol. The van der Waals surface area contributed by atoms with Crippen LogP contribution in [0.25, 0.3) is 0 Å². The molecule has 2 unspecified atom stereocenters. The van der Waals surface area contributed by atoms with E-state index in [1.54, 1.807) is 0 Å². The Bertz CT molecular complexity index is 476. The molecule has 2 N–H and O–H groups in total. The number of carbonyl (C=O) groups excluding carboxylic acids is 1. The first kappa shape index (κ1) is 15.2. The SMILES string of the molecule is CC(=O)Nc1ccc(NC2CCCC(C)CC2)cc1Cl. The van der Waals surface area contributed by atoms with E-state index in [9.17, 15) is 4.79 Å². The standard InChI is InChI=1S/C16H23ClN2O/c1-11-4-3-5-13(7-6-11)19-14-8-9-16(15(17)10-14)18-12(2)20/h8-11,13,19H,3-7H2,1-2H3,(H,18,20). The van der Waals surface area contributed by atoms with Gasteiger partial charge in [0.05, 0.1) is 10.7 Å². The van der Waals surface area contributed by atoms with Gasteiger partial charge in [-0.1, -0.05) is 31.4 Å². The van der Waals surface area contributed by atoms with Crippen LogP contribution in [-0.4, -0.2) is 11.9 Å². The molecule has 1 aromatic carbocycles. The van der Waals surface area contributed by atoms with Gasteiger partial charge in [-0.25, -0.2) is 0 Å². The molecule has 1 aliphatic rings. The first-order chi connectivity index (χ1) is 9.54. The zero-order valence-corrected chi connectivity index (χ0v) is 13.0. The molecular formula is C16H23ClN2O. The molecule has 0 heterocycles. The van der Waals surface area contributed by atoms with Crippen LogP contribution in [0.2, 0.25) is 5.02 Å². The van der Waals surface area contributed by atoms with Crippen molar-refractivity contribution in [2.24, 2.45) is 5.92 Å². The summed E-state index contributed by atoms with van der Waals surface area (Å²) >= 11 is 6.19. The average Bonchev–Trinajstić information content (AvgIpc) is 2.58. The Morgan fingerprint density at radius 2 is 2.05 bits per heavy atom. The molecule has 0 aromatic heterocycles. The van der Waals surface area contributed by atoms with Crippen LogP contribution in [0.15, 0.2) is 18.2 Å². The first-order valence-corrected chi connectivity index (χ1v) is 7.76. The Kier molecular flexibility index (Phi) is 5.30. The van der Waals surface area contributed by atoms with E-state index in [1.807, 2.05) is 18.2 Å². The van der Waals surface area contributed by atoms with Gasteiger partial charge in [0.1, 0.15) is 0 Å². The maximum absolute atomic E-state index is 11.1. The second-order valence-corrected chi connectivity index (χ2v) is 6.24. The van der Waals surface area contributed by atoms with Crippen LogP contribution in [0.1, 0.15) is 46.0 Å². The molecule has 0 aliphatic heterocycles. The maximum Gasteiger partial charge on any atom is 0.221 e. The fourth-order valence-electron chi connectivity index (χ4n) is 2.76. The number of carbonyl (C=O) groups is 1. The summed E-state index contributed by atoms with van der Waals surface area (Å²) in [4.78, 5) is 11.1. The Balaban J connectivity index is 1.99. The number of rotatable bonds is 3. The van der Waals surface area contributed by atoms with Crippen LogP contribution in [0, 0.1) is 5.92 Å². The van der Waals surface area contributed by atoms with E-state index < -0.39 is 0 Å². The molecule has 3 nitrogen and oxygen atoms in total. The minimum atomic E-state index is -0.106. The summed E-state index contributed by atoms with van der Waals surface area (Å²) in [6, 6.07) is 6.25. The van der Waals surface area contributed by atoms with Crippen molar-refractivity contribution in [2.75, 3.05) is 10.6 Å². The molecule has 1 fully saturated rings. The summed E-state index contributed by atoms with van der Waals surface area (Å²) in [5.74, 6) is 0.734. The predicted octanol–water partition coefficient (Wildman–Crippen LogP) is 4.68. The third-order valence-corrected chi connectivity index (χ3v) is 4.22. The van der Waals surface area contributed by atoms with Gasteiger partial charge >= 0.3 is 0 Å². The largest absolute Gasteiger partial charge is 0.382 e. The number of amides is 1. The quantitative estimate of drug-likeness (QED) is 0.795. The highest BCUT2D eigenvalue weighted by atomic mass is 35.5. The number of anilines is 2. The maximum atomic E-state index is 11.1. The Morgan fingerprint density at radius 1 is 1.25 bits per heavy atom. The van der Waals surface area contributed by atoms with Crippen LogP contribution in [-0.2, 0) is 4.79 Å². The summed E-state index contributed by atoms with van der Waals surface area (Å²) in [6.07, 6.45) is 6.34. The molecule has 0 saturated heterocycles. The number of halogens is 1. The fourth-order valence-corrected chi connectivity index (χ4v) is 2.99. The Morgan fingerprint density at radius 3 is 2.75 bits per heavy atom.